The molecule has 2 aromatic heterocycles. The second kappa shape index (κ2) is 8.73. The highest BCUT2D eigenvalue weighted by molar-refractivity contribution is 7.14. The Morgan fingerprint density at radius 2 is 2.10 bits per heavy atom. The molecule has 160 valence electrons. The molecule has 0 radical (unpaired) electrons. The van der Waals surface area contributed by atoms with Crippen molar-refractivity contribution in [2.24, 2.45) is 5.92 Å². The van der Waals surface area contributed by atoms with Gasteiger partial charge in [-0.25, -0.2) is 9.78 Å². The monoisotopic (exact) mass is 438 g/mol. The van der Waals surface area contributed by atoms with Crippen molar-refractivity contribution in [3.05, 3.63) is 53.2 Å². The Bertz CT molecular complexity index is 1120. The Hall–Kier alpha value is -3.46. The van der Waals surface area contributed by atoms with Crippen LogP contribution in [0.25, 0.3) is 11.3 Å². The van der Waals surface area contributed by atoms with E-state index in [2.05, 4.69) is 26.9 Å². The van der Waals surface area contributed by atoms with Gasteiger partial charge in [0.1, 0.15) is 5.69 Å². The van der Waals surface area contributed by atoms with Crippen LogP contribution in [0.1, 0.15) is 29.4 Å². The molecule has 3 aromatic rings. The summed E-state index contributed by atoms with van der Waals surface area (Å²) in [7, 11) is 1.31. The van der Waals surface area contributed by atoms with E-state index in [1.807, 2.05) is 24.3 Å². The van der Waals surface area contributed by atoms with E-state index in [1.54, 1.807) is 22.5 Å². The quantitative estimate of drug-likeness (QED) is 0.574. The maximum absolute atomic E-state index is 12.7. The summed E-state index contributed by atoms with van der Waals surface area (Å²) in [6.45, 7) is 2.42. The number of aryl methyl sites for hydroxylation is 1. The lowest BCUT2D eigenvalue weighted by atomic mass is 10.1. The molecule has 1 aliphatic rings. The zero-order valence-corrected chi connectivity index (χ0v) is 18.0. The molecule has 3 heterocycles. The van der Waals surface area contributed by atoms with Crippen LogP contribution >= 0.6 is 11.3 Å². The third-order valence-corrected chi connectivity index (χ3v) is 6.03. The smallest absolute Gasteiger partial charge is 0.354 e. The van der Waals surface area contributed by atoms with Crippen LogP contribution in [-0.4, -0.2) is 41.4 Å². The summed E-state index contributed by atoms with van der Waals surface area (Å²) in [4.78, 5) is 45.7. The maximum Gasteiger partial charge on any atom is 0.354 e. The summed E-state index contributed by atoms with van der Waals surface area (Å²) in [5, 5.41) is 5.05. The highest BCUT2D eigenvalue weighted by atomic mass is 32.1. The summed E-state index contributed by atoms with van der Waals surface area (Å²) in [6.07, 6.45) is 2.76. The summed E-state index contributed by atoms with van der Waals surface area (Å²) >= 11 is 1.29. The second-order valence-electron chi connectivity index (χ2n) is 7.25. The molecule has 2 amide bonds. The number of thiazole rings is 1. The molecule has 1 fully saturated rings. The van der Waals surface area contributed by atoms with Crippen LogP contribution in [0.15, 0.2) is 41.9 Å². The molecule has 8 nitrogen and oxygen atoms in total. The van der Waals surface area contributed by atoms with E-state index in [0.29, 0.717) is 23.1 Å². The fraction of sp³-hybridized carbons (Fsp3) is 0.273. The lowest BCUT2D eigenvalue weighted by molar-refractivity contribution is -0.122. The molecule has 4 rings (SSSR count). The fourth-order valence-corrected chi connectivity index (χ4v) is 4.21. The van der Waals surface area contributed by atoms with Crippen molar-refractivity contribution >= 4 is 39.9 Å². The van der Waals surface area contributed by atoms with Crippen molar-refractivity contribution in [1.82, 2.24) is 9.97 Å². The molecule has 31 heavy (non-hydrogen) atoms. The molecule has 0 bridgehead atoms. The van der Waals surface area contributed by atoms with Crippen molar-refractivity contribution in [2.45, 2.75) is 19.8 Å². The third kappa shape index (κ3) is 4.36. The molecule has 2 N–H and O–H groups in total. The van der Waals surface area contributed by atoms with Gasteiger partial charge in [-0.15, -0.1) is 11.3 Å². The SMILES string of the molecule is CCc1ccc(N2CC(C(=O)Nc3nc(-c4c[nH]c(C(=O)OC)c4)cs3)CC2=O)cc1. The molecule has 0 saturated carbocycles. The lowest BCUT2D eigenvalue weighted by Crippen LogP contribution is -2.28. The average Bonchev–Trinajstić information content (AvgIpc) is 3.53. The minimum atomic E-state index is -0.463. The number of H-pyrrole nitrogens is 1. The van der Waals surface area contributed by atoms with Gasteiger partial charge in [-0.1, -0.05) is 19.1 Å². The van der Waals surface area contributed by atoms with Crippen LogP contribution in [-0.2, 0) is 20.7 Å². The normalized spacial score (nSPS) is 15.9. The van der Waals surface area contributed by atoms with E-state index in [0.717, 1.165) is 17.7 Å². The minimum Gasteiger partial charge on any atom is -0.464 e. The number of carbonyl (C=O) groups is 3. The Kier molecular flexibility index (Phi) is 5.85. The van der Waals surface area contributed by atoms with E-state index in [1.165, 1.54) is 24.0 Å². The molecule has 0 spiro atoms. The number of anilines is 2. The Morgan fingerprint density at radius 3 is 2.81 bits per heavy atom. The van der Waals surface area contributed by atoms with Gasteiger partial charge < -0.3 is 19.9 Å². The Labute approximate surface area is 183 Å². The third-order valence-electron chi connectivity index (χ3n) is 5.27. The van der Waals surface area contributed by atoms with Gasteiger partial charge in [0.15, 0.2) is 5.13 Å². The van der Waals surface area contributed by atoms with Crippen molar-refractivity contribution in [2.75, 3.05) is 23.9 Å². The first kappa shape index (κ1) is 20.8. The van der Waals surface area contributed by atoms with Crippen LogP contribution < -0.4 is 10.2 Å². The fourth-order valence-electron chi connectivity index (χ4n) is 3.49. The molecule has 1 atom stereocenters. The first-order valence-corrected chi connectivity index (χ1v) is 10.8. The highest BCUT2D eigenvalue weighted by Gasteiger charge is 2.35. The Balaban J connectivity index is 1.40. The van der Waals surface area contributed by atoms with Gasteiger partial charge in [0.05, 0.1) is 18.7 Å². The highest BCUT2D eigenvalue weighted by Crippen LogP contribution is 2.29. The molecule has 1 unspecified atom stereocenters. The number of aromatic nitrogens is 2. The first-order chi connectivity index (χ1) is 15.0. The van der Waals surface area contributed by atoms with Gasteiger partial charge in [-0.2, -0.15) is 0 Å². The molecule has 9 heteroatoms. The predicted molar refractivity (Wildman–Crippen MR) is 118 cm³/mol. The summed E-state index contributed by atoms with van der Waals surface area (Å²) in [6, 6.07) is 9.48. The summed E-state index contributed by atoms with van der Waals surface area (Å²) in [5.74, 6) is -1.20. The number of hydrogen-bond acceptors (Lipinski definition) is 6. The number of carbonyl (C=O) groups excluding carboxylic acids is 3. The number of benzene rings is 1. The van der Waals surface area contributed by atoms with Crippen LogP contribution in [0.4, 0.5) is 10.8 Å². The van der Waals surface area contributed by atoms with E-state index in [-0.39, 0.29) is 18.2 Å². The number of amides is 2. The molecular weight excluding hydrogens is 416 g/mol. The maximum atomic E-state index is 12.7. The van der Waals surface area contributed by atoms with Crippen molar-refractivity contribution in [1.29, 1.82) is 0 Å². The lowest BCUT2D eigenvalue weighted by Gasteiger charge is -2.17. The van der Waals surface area contributed by atoms with E-state index in [9.17, 15) is 14.4 Å². The van der Waals surface area contributed by atoms with Crippen LogP contribution in [0.5, 0.6) is 0 Å². The molecule has 1 aliphatic heterocycles. The summed E-state index contributed by atoms with van der Waals surface area (Å²) < 4.78 is 4.68. The van der Waals surface area contributed by atoms with Gasteiger partial charge in [0.2, 0.25) is 11.8 Å². The van der Waals surface area contributed by atoms with Gasteiger partial charge in [-0.3, -0.25) is 9.59 Å². The van der Waals surface area contributed by atoms with E-state index >= 15 is 0 Å². The Morgan fingerprint density at radius 1 is 1.32 bits per heavy atom. The first-order valence-electron chi connectivity index (χ1n) is 9.91. The van der Waals surface area contributed by atoms with Crippen molar-refractivity contribution in [3.8, 4) is 11.3 Å². The predicted octanol–water partition coefficient (Wildman–Crippen LogP) is 3.48. The molecule has 1 saturated heterocycles. The number of aromatic amines is 1. The van der Waals surface area contributed by atoms with Crippen LogP contribution in [0, 0.1) is 5.92 Å². The standard InChI is InChI=1S/C22H22N4O4S/c1-3-13-4-6-16(7-5-13)26-11-15(9-19(26)27)20(28)25-22-24-18(12-31-22)14-8-17(23-10-14)21(29)30-2/h4-8,10,12,15,23H,3,9,11H2,1-2H3,(H,24,25,28). The zero-order valence-electron chi connectivity index (χ0n) is 17.2. The topological polar surface area (TPSA) is 104 Å². The number of nitrogens with one attached hydrogen (secondary N) is 2. The molecule has 1 aromatic carbocycles. The van der Waals surface area contributed by atoms with E-state index in [4.69, 9.17) is 0 Å². The van der Waals surface area contributed by atoms with Gasteiger partial charge >= 0.3 is 5.97 Å². The largest absolute Gasteiger partial charge is 0.464 e. The van der Waals surface area contributed by atoms with Crippen LogP contribution in [0.3, 0.4) is 0 Å². The van der Waals surface area contributed by atoms with Crippen molar-refractivity contribution < 1.29 is 19.1 Å². The number of methoxy groups -OCH3 is 1. The number of nitrogens with zero attached hydrogens (tertiary/aromatic N) is 2. The van der Waals surface area contributed by atoms with Gasteiger partial charge in [0, 0.05) is 35.8 Å². The second-order valence-corrected chi connectivity index (χ2v) is 8.10. The number of hydrogen-bond donors (Lipinski definition) is 2. The average molecular weight is 439 g/mol. The van der Waals surface area contributed by atoms with Gasteiger partial charge in [-0.05, 0) is 30.2 Å². The van der Waals surface area contributed by atoms with Crippen LogP contribution in [0.2, 0.25) is 0 Å². The molecular formula is C22H22N4O4S. The zero-order chi connectivity index (χ0) is 22.0. The number of ether oxygens (including phenoxy) is 1. The van der Waals surface area contributed by atoms with Crippen molar-refractivity contribution in [3.63, 3.8) is 0 Å². The minimum absolute atomic E-state index is 0.0631. The summed E-state index contributed by atoms with van der Waals surface area (Å²) in [5.41, 5.74) is 3.68. The molecule has 0 aliphatic carbocycles. The van der Waals surface area contributed by atoms with Gasteiger partial charge in [0.25, 0.3) is 0 Å². The number of esters is 1. The van der Waals surface area contributed by atoms with E-state index < -0.39 is 11.9 Å². The number of rotatable bonds is 6.